The second-order valence-corrected chi connectivity index (χ2v) is 3.30. The Kier molecular flexibility index (Phi) is 2.07. The van der Waals surface area contributed by atoms with Crippen molar-refractivity contribution < 1.29 is 0 Å². The first-order chi connectivity index (χ1) is 7.13. The van der Waals surface area contributed by atoms with Gasteiger partial charge in [0.25, 0.3) is 5.56 Å². The fourth-order valence-electron chi connectivity index (χ4n) is 1.46. The van der Waals surface area contributed by atoms with Gasteiger partial charge in [-0.3, -0.25) is 9.36 Å². The number of nitrogens with zero attached hydrogens (tertiary/aromatic N) is 1. The summed E-state index contributed by atoms with van der Waals surface area (Å²) in [6, 6.07) is 5.22. The molecule has 0 saturated heterocycles. The number of nitrogens with one attached hydrogen (secondary N) is 2. The van der Waals surface area contributed by atoms with Crippen LogP contribution in [-0.4, -0.2) is 16.6 Å². The monoisotopic (exact) mass is 205 g/mol. The van der Waals surface area contributed by atoms with E-state index in [2.05, 4.69) is 10.3 Å². The van der Waals surface area contributed by atoms with Crippen molar-refractivity contribution in [2.75, 3.05) is 12.4 Å². The number of hydrogen-bond acceptors (Lipinski definition) is 3. The molecule has 0 saturated carbocycles. The van der Waals surface area contributed by atoms with Crippen LogP contribution in [0.25, 0.3) is 10.9 Å². The molecule has 0 spiro atoms. The zero-order valence-electron chi connectivity index (χ0n) is 8.50. The zero-order valence-corrected chi connectivity index (χ0v) is 8.50. The largest absolute Gasteiger partial charge is 0.388 e. The first kappa shape index (κ1) is 9.51. The molecule has 0 amide bonds. The smallest absolute Gasteiger partial charge is 0.328 e. The topological polar surface area (TPSA) is 66.9 Å². The summed E-state index contributed by atoms with van der Waals surface area (Å²) in [6.07, 6.45) is 0. The molecule has 15 heavy (non-hydrogen) atoms. The summed E-state index contributed by atoms with van der Waals surface area (Å²) in [7, 11) is 3.23. The molecular weight excluding hydrogens is 194 g/mol. The number of rotatable bonds is 1. The van der Waals surface area contributed by atoms with Crippen molar-refractivity contribution in [3.05, 3.63) is 39.0 Å². The molecule has 0 bridgehead atoms. The lowest BCUT2D eigenvalue weighted by Crippen LogP contribution is -2.32. The van der Waals surface area contributed by atoms with E-state index in [-0.39, 0.29) is 5.56 Å². The van der Waals surface area contributed by atoms with Crippen molar-refractivity contribution in [2.24, 2.45) is 7.05 Å². The number of benzene rings is 1. The highest BCUT2D eigenvalue weighted by Gasteiger charge is 2.03. The van der Waals surface area contributed by atoms with Crippen LogP contribution in [0, 0.1) is 0 Å². The van der Waals surface area contributed by atoms with Crippen LogP contribution in [0.1, 0.15) is 0 Å². The molecule has 78 valence electrons. The molecular formula is C10H11N3O2. The van der Waals surface area contributed by atoms with Crippen LogP contribution in [0.4, 0.5) is 5.69 Å². The van der Waals surface area contributed by atoms with E-state index in [9.17, 15) is 9.59 Å². The Morgan fingerprint density at radius 3 is 2.73 bits per heavy atom. The Bertz CT molecular complexity index is 625. The number of H-pyrrole nitrogens is 1. The van der Waals surface area contributed by atoms with Crippen LogP contribution in [0.5, 0.6) is 0 Å². The number of aromatic amines is 1. The maximum atomic E-state index is 11.7. The molecule has 0 aliphatic carbocycles. The summed E-state index contributed by atoms with van der Waals surface area (Å²) < 4.78 is 1.06. The van der Waals surface area contributed by atoms with E-state index in [1.54, 1.807) is 25.2 Å². The molecule has 0 aliphatic heterocycles. The van der Waals surface area contributed by atoms with E-state index in [4.69, 9.17) is 0 Å². The number of hydrogen-bond donors (Lipinski definition) is 2. The quantitative estimate of drug-likeness (QED) is 0.702. The van der Waals surface area contributed by atoms with E-state index in [1.165, 1.54) is 7.05 Å². The van der Waals surface area contributed by atoms with E-state index < -0.39 is 5.69 Å². The van der Waals surface area contributed by atoms with Gasteiger partial charge in [0, 0.05) is 19.8 Å². The van der Waals surface area contributed by atoms with Crippen molar-refractivity contribution >= 4 is 16.6 Å². The van der Waals surface area contributed by atoms with Gasteiger partial charge in [-0.2, -0.15) is 0 Å². The van der Waals surface area contributed by atoms with Crippen molar-refractivity contribution in [2.45, 2.75) is 0 Å². The minimum absolute atomic E-state index is 0.281. The normalized spacial score (nSPS) is 10.5. The van der Waals surface area contributed by atoms with Gasteiger partial charge >= 0.3 is 5.69 Å². The Balaban J connectivity index is 2.93. The molecule has 1 heterocycles. The highest BCUT2D eigenvalue weighted by molar-refractivity contribution is 5.81. The number of anilines is 1. The maximum Gasteiger partial charge on any atom is 0.328 e. The average molecular weight is 205 g/mol. The molecule has 0 aliphatic rings. The molecule has 2 aromatic rings. The van der Waals surface area contributed by atoms with E-state index >= 15 is 0 Å². The molecule has 5 heteroatoms. The third-order valence-corrected chi connectivity index (χ3v) is 2.39. The van der Waals surface area contributed by atoms with Gasteiger partial charge in [-0.1, -0.05) is 0 Å². The van der Waals surface area contributed by atoms with Gasteiger partial charge in [0.1, 0.15) is 0 Å². The zero-order chi connectivity index (χ0) is 11.0. The van der Waals surface area contributed by atoms with Gasteiger partial charge in [-0.15, -0.1) is 0 Å². The highest BCUT2D eigenvalue weighted by Crippen LogP contribution is 2.12. The van der Waals surface area contributed by atoms with Gasteiger partial charge in [0.15, 0.2) is 0 Å². The van der Waals surface area contributed by atoms with E-state index in [0.717, 1.165) is 10.3 Å². The summed E-state index contributed by atoms with van der Waals surface area (Å²) >= 11 is 0. The van der Waals surface area contributed by atoms with Crippen LogP contribution in [0.2, 0.25) is 0 Å². The molecule has 0 radical (unpaired) electrons. The SMILES string of the molecule is CNc1ccc2c(=O)n(C)c(=O)[nH]c2c1. The summed E-state index contributed by atoms with van der Waals surface area (Å²) in [5.41, 5.74) is 0.721. The van der Waals surface area contributed by atoms with Crippen molar-refractivity contribution in [1.82, 2.24) is 9.55 Å². The predicted octanol–water partition coefficient (Wildman–Crippen LogP) is 0.268. The number of aromatic nitrogens is 2. The van der Waals surface area contributed by atoms with Gasteiger partial charge < -0.3 is 10.3 Å². The molecule has 1 aromatic heterocycles. The summed E-state index contributed by atoms with van der Waals surface area (Å²) in [6.45, 7) is 0. The first-order valence-electron chi connectivity index (χ1n) is 4.54. The maximum absolute atomic E-state index is 11.7. The number of fused-ring (bicyclic) bond motifs is 1. The molecule has 5 nitrogen and oxygen atoms in total. The summed E-state index contributed by atoms with van der Waals surface area (Å²) in [5, 5.41) is 3.45. The Hall–Kier alpha value is -2.04. The van der Waals surface area contributed by atoms with Crippen LogP contribution < -0.4 is 16.6 Å². The lowest BCUT2D eigenvalue weighted by molar-refractivity contribution is 0.794. The van der Waals surface area contributed by atoms with Gasteiger partial charge in [-0.05, 0) is 18.2 Å². The molecule has 2 N–H and O–H groups in total. The second-order valence-electron chi connectivity index (χ2n) is 3.30. The molecule has 1 aromatic carbocycles. The van der Waals surface area contributed by atoms with Gasteiger partial charge in [0.05, 0.1) is 10.9 Å². The molecule has 0 atom stereocenters. The predicted molar refractivity (Wildman–Crippen MR) is 59.4 cm³/mol. The fraction of sp³-hybridized carbons (Fsp3) is 0.200. The van der Waals surface area contributed by atoms with Crippen molar-refractivity contribution in [3.63, 3.8) is 0 Å². The standard InChI is InChI=1S/C10H11N3O2/c1-11-6-3-4-7-8(5-6)12-10(15)13(2)9(7)14/h3-5,11H,1-2H3,(H,12,15). The average Bonchev–Trinajstić information content (AvgIpc) is 2.25. The Labute approximate surface area is 85.4 Å². The van der Waals surface area contributed by atoms with E-state index in [1.807, 2.05) is 0 Å². The molecule has 0 fully saturated rings. The third kappa shape index (κ3) is 1.41. The highest BCUT2D eigenvalue weighted by atomic mass is 16.2. The van der Waals surface area contributed by atoms with Crippen LogP contribution >= 0.6 is 0 Å². The lowest BCUT2D eigenvalue weighted by atomic mass is 10.2. The Morgan fingerprint density at radius 1 is 1.33 bits per heavy atom. The van der Waals surface area contributed by atoms with Crippen molar-refractivity contribution in [3.8, 4) is 0 Å². The molecule has 2 rings (SSSR count). The lowest BCUT2D eigenvalue weighted by Gasteiger charge is -2.03. The van der Waals surface area contributed by atoms with Crippen LogP contribution in [0.15, 0.2) is 27.8 Å². The van der Waals surface area contributed by atoms with Gasteiger partial charge in [-0.25, -0.2) is 4.79 Å². The van der Waals surface area contributed by atoms with Gasteiger partial charge in [0.2, 0.25) is 0 Å². The summed E-state index contributed by atoms with van der Waals surface area (Å²) in [4.78, 5) is 25.7. The second kappa shape index (κ2) is 3.27. The van der Waals surface area contributed by atoms with E-state index in [0.29, 0.717) is 10.9 Å². The third-order valence-electron chi connectivity index (χ3n) is 2.39. The van der Waals surface area contributed by atoms with Crippen LogP contribution in [0.3, 0.4) is 0 Å². The molecule has 0 unspecified atom stereocenters. The minimum Gasteiger partial charge on any atom is -0.388 e. The summed E-state index contributed by atoms with van der Waals surface area (Å²) in [5.74, 6) is 0. The fourth-order valence-corrected chi connectivity index (χ4v) is 1.46. The minimum atomic E-state index is -0.402. The van der Waals surface area contributed by atoms with Crippen molar-refractivity contribution in [1.29, 1.82) is 0 Å². The van der Waals surface area contributed by atoms with Crippen LogP contribution in [-0.2, 0) is 7.05 Å². The Morgan fingerprint density at radius 2 is 2.07 bits per heavy atom. The first-order valence-corrected chi connectivity index (χ1v) is 4.54.